The molecule has 21 heavy (non-hydrogen) atoms. The second kappa shape index (κ2) is 7.92. The Kier molecular flexibility index (Phi) is 6.85. The average molecular weight is 322 g/mol. The normalized spacial score (nSPS) is 19.5. The minimum Gasteiger partial charge on any atom is -0.446 e. The van der Waals surface area contributed by atoms with Crippen LogP contribution in [-0.2, 0) is 14.9 Å². The van der Waals surface area contributed by atoms with Gasteiger partial charge in [0.25, 0.3) is 0 Å². The molecule has 1 fully saturated rings. The van der Waals surface area contributed by atoms with Gasteiger partial charge in [0.1, 0.15) is 0 Å². The lowest BCUT2D eigenvalue weighted by molar-refractivity contribution is 0.118. The molecular weight excluding hydrogens is 296 g/mol. The number of nitrogens with zero attached hydrogens (tertiary/aromatic N) is 2. The summed E-state index contributed by atoms with van der Waals surface area (Å²) in [5.41, 5.74) is 5.70. The summed E-state index contributed by atoms with van der Waals surface area (Å²) in [5, 5.41) is 0. The van der Waals surface area contributed by atoms with E-state index in [-0.39, 0.29) is 12.1 Å². The van der Waals surface area contributed by atoms with Gasteiger partial charge in [-0.25, -0.2) is 9.52 Å². The van der Waals surface area contributed by atoms with Gasteiger partial charge >= 0.3 is 16.3 Å². The summed E-state index contributed by atoms with van der Waals surface area (Å²) in [6, 6.07) is 0.272. The molecule has 0 spiro atoms. The number of piperazine rings is 1. The Bertz CT molecular complexity index is 429. The van der Waals surface area contributed by atoms with E-state index in [1.54, 1.807) is 13.8 Å². The number of ether oxygens (including phenoxy) is 1. The summed E-state index contributed by atoms with van der Waals surface area (Å²) in [6.07, 6.45) is -0.380. The molecule has 1 atom stereocenters. The highest BCUT2D eigenvalue weighted by atomic mass is 32.2. The van der Waals surface area contributed by atoms with E-state index in [9.17, 15) is 13.2 Å². The third-order valence-electron chi connectivity index (χ3n) is 3.43. The third-order valence-corrected chi connectivity index (χ3v) is 4.90. The predicted octanol–water partition coefficient (Wildman–Crippen LogP) is -0.279. The highest BCUT2D eigenvalue weighted by Crippen LogP contribution is 2.11. The van der Waals surface area contributed by atoms with Gasteiger partial charge in [-0.05, 0) is 20.3 Å². The monoisotopic (exact) mass is 322 g/mol. The lowest BCUT2D eigenvalue weighted by atomic mass is 10.1. The molecule has 1 saturated heterocycles. The second-order valence-corrected chi connectivity index (χ2v) is 6.96. The fraction of sp³-hybridized carbons (Fsp3) is 0.917. The van der Waals surface area contributed by atoms with Crippen LogP contribution < -0.4 is 10.5 Å². The van der Waals surface area contributed by atoms with E-state index in [1.165, 1.54) is 4.31 Å². The van der Waals surface area contributed by atoms with Crippen LogP contribution in [0.5, 0.6) is 0 Å². The fourth-order valence-electron chi connectivity index (χ4n) is 2.29. The van der Waals surface area contributed by atoms with E-state index in [0.29, 0.717) is 32.7 Å². The molecule has 1 amide bonds. The van der Waals surface area contributed by atoms with Crippen LogP contribution in [0.1, 0.15) is 27.2 Å². The summed E-state index contributed by atoms with van der Waals surface area (Å²) in [5.74, 6) is 0. The highest BCUT2D eigenvalue weighted by molar-refractivity contribution is 7.87. The summed E-state index contributed by atoms with van der Waals surface area (Å²) in [4.78, 5) is 13.6. The van der Waals surface area contributed by atoms with Gasteiger partial charge in [-0.15, -0.1) is 0 Å². The van der Waals surface area contributed by atoms with Gasteiger partial charge in [0, 0.05) is 38.8 Å². The number of hydrogen-bond donors (Lipinski definition) is 2. The van der Waals surface area contributed by atoms with E-state index in [1.807, 2.05) is 4.72 Å². The van der Waals surface area contributed by atoms with E-state index in [0.717, 1.165) is 6.42 Å². The Balaban J connectivity index is 2.54. The molecule has 3 N–H and O–H groups in total. The van der Waals surface area contributed by atoms with Gasteiger partial charge in [-0.1, -0.05) is 6.92 Å². The molecule has 1 unspecified atom stereocenters. The summed E-state index contributed by atoms with van der Waals surface area (Å²) in [6.45, 7) is 7.81. The molecule has 124 valence electrons. The Morgan fingerprint density at radius 2 is 1.86 bits per heavy atom. The van der Waals surface area contributed by atoms with Crippen LogP contribution in [0.25, 0.3) is 0 Å². The van der Waals surface area contributed by atoms with Crippen LogP contribution in [-0.4, -0.2) is 68.6 Å². The molecular formula is C12H26N4O4S. The third kappa shape index (κ3) is 5.42. The van der Waals surface area contributed by atoms with E-state index in [4.69, 9.17) is 10.5 Å². The lowest BCUT2D eigenvalue weighted by Crippen LogP contribution is -2.56. The summed E-state index contributed by atoms with van der Waals surface area (Å²) >= 11 is 0. The zero-order valence-corrected chi connectivity index (χ0v) is 13.7. The van der Waals surface area contributed by atoms with Gasteiger partial charge in [0.2, 0.25) is 0 Å². The summed E-state index contributed by atoms with van der Waals surface area (Å²) < 4.78 is 32.1. The number of hydrogen-bond acceptors (Lipinski definition) is 6. The minimum absolute atomic E-state index is 0.272. The van der Waals surface area contributed by atoms with Crippen molar-refractivity contribution >= 4 is 16.3 Å². The summed E-state index contributed by atoms with van der Waals surface area (Å²) in [7, 11) is -3.84. The first-order valence-electron chi connectivity index (χ1n) is 7.22. The molecule has 1 rings (SSSR count). The van der Waals surface area contributed by atoms with Crippen molar-refractivity contribution in [3.63, 3.8) is 0 Å². The molecule has 0 aromatic rings. The molecule has 1 aliphatic rings. The van der Waals surface area contributed by atoms with Crippen molar-refractivity contribution in [2.75, 3.05) is 32.7 Å². The van der Waals surface area contributed by atoms with Crippen molar-refractivity contribution in [3.05, 3.63) is 0 Å². The molecule has 0 aromatic heterocycles. The quantitative estimate of drug-likeness (QED) is 0.697. The Morgan fingerprint density at radius 3 is 2.29 bits per heavy atom. The molecule has 1 aliphatic heterocycles. The molecule has 0 bridgehead atoms. The SMILES string of the molecule is CCC(CN)N1CCN(S(=O)(=O)NC(=O)OC(C)C)CC1. The van der Waals surface area contributed by atoms with Gasteiger partial charge in [0.05, 0.1) is 6.10 Å². The number of amides is 1. The molecule has 8 nitrogen and oxygen atoms in total. The minimum atomic E-state index is -3.84. The second-order valence-electron chi connectivity index (χ2n) is 5.29. The van der Waals surface area contributed by atoms with E-state index >= 15 is 0 Å². The van der Waals surface area contributed by atoms with Crippen molar-refractivity contribution in [2.24, 2.45) is 5.73 Å². The van der Waals surface area contributed by atoms with Gasteiger partial charge < -0.3 is 10.5 Å². The van der Waals surface area contributed by atoms with Crippen molar-refractivity contribution < 1.29 is 17.9 Å². The van der Waals surface area contributed by atoms with Crippen molar-refractivity contribution in [3.8, 4) is 0 Å². The van der Waals surface area contributed by atoms with Crippen molar-refractivity contribution in [1.29, 1.82) is 0 Å². The largest absolute Gasteiger partial charge is 0.446 e. The number of nitrogens with two attached hydrogens (primary N) is 1. The predicted molar refractivity (Wildman–Crippen MR) is 80.0 cm³/mol. The molecule has 9 heteroatoms. The Labute approximate surface area is 126 Å². The zero-order chi connectivity index (χ0) is 16.0. The van der Waals surface area contributed by atoms with Gasteiger partial charge in [0.15, 0.2) is 0 Å². The number of carbonyl (C=O) groups excluding carboxylic acids is 1. The van der Waals surface area contributed by atoms with Crippen LogP contribution >= 0.6 is 0 Å². The van der Waals surface area contributed by atoms with E-state index < -0.39 is 16.3 Å². The maximum atomic E-state index is 12.1. The maximum absolute atomic E-state index is 12.1. The highest BCUT2D eigenvalue weighted by Gasteiger charge is 2.30. The molecule has 0 aliphatic carbocycles. The molecule has 0 saturated carbocycles. The smallest absolute Gasteiger partial charge is 0.422 e. The van der Waals surface area contributed by atoms with Gasteiger partial charge in [-0.2, -0.15) is 12.7 Å². The molecule has 0 radical (unpaired) electrons. The topological polar surface area (TPSA) is 105 Å². The van der Waals surface area contributed by atoms with Crippen LogP contribution in [0, 0.1) is 0 Å². The first-order valence-corrected chi connectivity index (χ1v) is 8.66. The van der Waals surface area contributed by atoms with Crippen LogP contribution in [0.3, 0.4) is 0 Å². The average Bonchev–Trinajstić information content (AvgIpc) is 2.39. The standard InChI is InChI=1S/C12H26N4O4S/c1-4-11(9-13)15-5-7-16(8-6-15)21(18,19)14-12(17)20-10(2)3/h10-11H,4-9,13H2,1-3H3,(H,14,17). The maximum Gasteiger partial charge on any atom is 0.422 e. The number of carbonyl (C=O) groups is 1. The zero-order valence-electron chi connectivity index (χ0n) is 12.9. The van der Waals surface area contributed by atoms with Crippen molar-refractivity contribution in [1.82, 2.24) is 13.9 Å². The first kappa shape index (κ1) is 18.1. The van der Waals surface area contributed by atoms with Gasteiger partial charge in [-0.3, -0.25) is 4.90 Å². The van der Waals surface area contributed by atoms with Crippen LogP contribution in [0.2, 0.25) is 0 Å². The van der Waals surface area contributed by atoms with Crippen molar-refractivity contribution in [2.45, 2.75) is 39.3 Å². The lowest BCUT2D eigenvalue weighted by Gasteiger charge is -2.37. The van der Waals surface area contributed by atoms with Crippen LogP contribution in [0.15, 0.2) is 0 Å². The number of rotatable bonds is 6. The number of nitrogens with one attached hydrogen (secondary N) is 1. The van der Waals surface area contributed by atoms with E-state index in [2.05, 4.69) is 11.8 Å². The Hall–Kier alpha value is -0.900. The van der Waals surface area contributed by atoms with Crippen LogP contribution in [0.4, 0.5) is 4.79 Å². The molecule has 0 aromatic carbocycles. The first-order chi connectivity index (χ1) is 9.80. The Morgan fingerprint density at radius 1 is 1.29 bits per heavy atom. The fourth-order valence-corrected chi connectivity index (χ4v) is 3.32. The molecule has 1 heterocycles.